The van der Waals surface area contributed by atoms with Gasteiger partial charge in [-0.05, 0) is 20.3 Å². The van der Waals surface area contributed by atoms with Crippen molar-refractivity contribution in [2.24, 2.45) is 0 Å². The van der Waals surface area contributed by atoms with Crippen LogP contribution >= 0.6 is 0 Å². The van der Waals surface area contributed by atoms with E-state index < -0.39 is 5.79 Å². The van der Waals surface area contributed by atoms with Crippen LogP contribution in [0.5, 0.6) is 0 Å². The molecule has 0 heterocycles. The second-order valence-electron chi connectivity index (χ2n) is 4.06. The van der Waals surface area contributed by atoms with E-state index in [1.54, 1.807) is 13.8 Å². The molecule has 0 fully saturated rings. The summed E-state index contributed by atoms with van der Waals surface area (Å²) >= 11 is 0. The van der Waals surface area contributed by atoms with Crippen LogP contribution < -0.4 is 0 Å². The average Bonchev–Trinajstić information content (AvgIpc) is 2.01. The molecule has 0 saturated carbocycles. The highest BCUT2D eigenvalue weighted by molar-refractivity contribution is 4.49. The van der Waals surface area contributed by atoms with Gasteiger partial charge in [0, 0.05) is 6.61 Å². The molecule has 0 radical (unpaired) electrons. The van der Waals surface area contributed by atoms with E-state index in [0.717, 1.165) is 6.42 Å². The lowest BCUT2D eigenvalue weighted by Crippen LogP contribution is -2.23. The molecule has 0 aliphatic heterocycles. The molecule has 0 aliphatic carbocycles. The monoisotopic (exact) mass is 188 g/mol. The lowest BCUT2D eigenvalue weighted by molar-refractivity contribution is -0.176. The SMILES string of the molecule is CCCCCCCCOC(C)(C)O. The fraction of sp³-hybridized carbons (Fsp3) is 1.00. The first kappa shape index (κ1) is 12.9. The molecule has 0 atom stereocenters. The van der Waals surface area contributed by atoms with Gasteiger partial charge >= 0.3 is 0 Å². The molecule has 0 aromatic heterocycles. The van der Waals surface area contributed by atoms with E-state index in [0.29, 0.717) is 6.61 Å². The van der Waals surface area contributed by atoms with Gasteiger partial charge in [0.05, 0.1) is 0 Å². The number of unbranched alkanes of at least 4 members (excludes halogenated alkanes) is 5. The van der Waals surface area contributed by atoms with Crippen LogP contribution in [0.3, 0.4) is 0 Å². The summed E-state index contributed by atoms with van der Waals surface area (Å²) < 4.78 is 5.19. The van der Waals surface area contributed by atoms with Crippen molar-refractivity contribution in [3.05, 3.63) is 0 Å². The van der Waals surface area contributed by atoms with Gasteiger partial charge in [0.1, 0.15) is 0 Å². The van der Waals surface area contributed by atoms with E-state index >= 15 is 0 Å². The molecule has 0 amide bonds. The second-order valence-corrected chi connectivity index (χ2v) is 4.06. The van der Waals surface area contributed by atoms with Crippen LogP contribution in [-0.2, 0) is 4.74 Å². The minimum Gasteiger partial charge on any atom is -0.366 e. The maximum atomic E-state index is 9.24. The minimum atomic E-state index is -0.955. The van der Waals surface area contributed by atoms with Crippen molar-refractivity contribution in [3.8, 4) is 0 Å². The third-order valence-electron chi connectivity index (χ3n) is 1.95. The van der Waals surface area contributed by atoms with E-state index in [1.165, 1.54) is 32.1 Å². The molecule has 0 saturated heterocycles. The van der Waals surface area contributed by atoms with Gasteiger partial charge in [-0.15, -0.1) is 0 Å². The summed E-state index contributed by atoms with van der Waals surface area (Å²) in [6, 6.07) is 0. The van der Waals surface area contributed by atoms with Crippen LogP contribution in [0.4, 0.5) is 0 Å². The predicted molar refractivity (Wildman–Crippen MR) is 55.6 cm³/mol. The molecular weight excluding hydrogens is 164 g/mol. The molecule has 0 aliphatic rings. The maximum absolute atomic E-state index is 9.24. The van der Waals surface area contributed by atoms with Crippen molar-refractivity contribution in [2.45, 2.75) is 65.1 Å². The Morgan fingerprint density at radius 3 is 2.08 bits per heavy atom. The molecule has 1 N–H and O–H groups in total. The maximum Gasteiger partial charge on any atom is 0.159 e. The predicted octanol–water partition coefficient (Wildman–Crippen LogP) is 3.09. The molecule has 13 heavy (non-hydrogen) atoms. The van der Waals surface area contributed by atoms with Crippen LogP contribution in [0.2, 0.25) is 0 Å². The zero-order valence-electron chi connectivity index (χ0n) is 9.31. The Kier molecular flexibility index (Phi) is 7.29. The first-order valence-corrected chi connectivity index (χ1v) is 5.42. The fourth-order valence-electron chi connectivity index (χ4n) is 1.20. The van der Waals surface area contributed by atoms with Crippen molar-refractivity contribution >= 4 is 0 Å². The van der Waals surface area contributed by atoms with Crippen molar-refractivity contribution < 1.29 is 9.84 Å². The summed E-state index contributed by atoms with van der Waals surface area (Å²) in [6.07, 6.45) is 7.54. The van der Waals surface area contributed by atoms with Crippen LogP contribution in [0.25, 0.3) is 0 Å². The first-order chi connectivity index (χ1) is 6.06. The average molecular weight is 188 g/mol. The van der Waals surface area contributed by atoms with Gasteiger partial charge in [-0.25, -0.2) is 0 Å². The van der Waals surface area contributed by atoms with E-state index in [2.05, 4.69) is 6.92 Å². The highest BCUT2D eigenvalue weighted by Crippen LogP contribution is 2.08. The van der Waals surface area contributed by atoms with Gasteiger partial charge in [-0.1, -0.05) is 39.0 Å². The summed E-state index contributed by atoms with van der Waals surface area (Å²) in [5.74, 6) is -0.955. The van der Waals surface area contributed by atoms with Crippen LogP contribution in [0, 0.1) is 0 Å². The number of aliphatic hydroxyl groups is 1. The van der Waals surface area contributed by atoms with E-state index in [4.69, 9.17) is 4.74 Å². The van der Waals surface area contributed by atoms with E-state index in [9.17, 15) is 5.11 Å². The quantitative estimate of drug-likeness (QED) is 0.468. The molecule has 0 spiro atoms. The van der Waals surface area contributed by atoms with Crippen molar-refractivity contribution in [2.75, 3.05) is 6.61 Å². The van der Waals surface area contributed by atoms with Gasteiger partial charge in [0.15, 0.2) is 5.79 Å². The Morgan fingerprint density at radius 1 is 1.00 bits per heavy atom. The lowest BCUT2D eigenvalue weighted by Gasteiger charge is -2.17. The van der Waals surface area contributed by atoms with Gasteiger partial charge in [0.2, 0.25) is 0 Å². The number of hydrogen-bond acceptors (Lipinski definition) is 2. The summed E-state index contributed by atoms with van der Waals surface area (Å²) in [5, 5.41) is 9.24. The third kappa shape index (κ3) is 11.9. The molecule has 2 nitrogen and oxygen atoms in total. The largest absolute Gasteiger partial charge is 0.366 e. The van der Waals surface area contributed by atoms with Crippen LogP contribution in [-0.4, -0.2) is 17.5 Å². The van der Waals surface area contributed by atoms with Gasteiger partial charge in [-0.3, -0.25) is 0 Å². The molecule has 0 aromatic carbocycles. The Labute approximate surface area is 82.3 Å². The standard InChI is InChI=1S/C11H24O2/c1-4-5-6-7-8-9-10-13-11(2,3)12/h12H,4-10H2,1-3H3. The highest BCUT2D eigenvalue weighted by Gasteiger charge is 2.10. The zero-order valence-corrected chi connectivity index (χ0v) is 9.31. The molecule has 2 heteroatoms. The summed E-state index contributed by atoms with van der Waals surface area (Å²) in [4.78, 5) is 0. The molecule has 0 rings (SSSR count). The van der Waals surface area contributed by atoms with Gasteiger partial charge in [-0.2, -0.15) is 0 Å². The smallest absolute Gasteiger partial charge is 0.159 e. The van der Waals surface area contributed by atoms with Gasteiger partial charge < -0.3 is 9.84 Å². The van der Waals surface area contributed by atoms with Gasteiger partial charge in [0.25, 0.3) is 0 Å². The normalized spacial score (nSPS) is 12.0. The van der Waals surface area contributed by atoms with Crippen molar-refractivity contribution in [1.82, 2.24) is 0 Å². The summed E-state index contributed by atoms with van der Waals surface area (Å²) in [5.41, 5.74) is 0. The van der Waals surface area contributed by atoms with E-state index in [1.807, 2.05) is 0 Å². The Hall–Kier alpha value is -0.0800. The summed E-state index contributed by atoms with van der Waals surface area (Å²) in [7, 11) is 0. The second kappa shape index (κ2) is 7.34. The Balaban J connectivity index is 3.00. The van der Waals surface area contributed by atoms with Crippen LogP contribution in [0.15, 0.2) is 0 Å². The first-order valence-electron chi connectivity index (χ1n) is 5.42. The minimum absolute atomic E-state index is 0.676. The zero-order chi connectivity index (χ0) is 10.2. The van der Waals surface area contributed by atoms with Crippen molar-refractivity contribution in [3.63, 3.8) is 0 Å². The Morgan fingerprint density at radius 2 is 1.54 bits per heavy atom. The highest BCUT2D eigenvalue weighted by atomic mass is 16.6. The lowest BCUT2D eigenvalue weighted by atomic mass is 10.1. The topological polar surface area (TPSA) is 29.5 Å². The molecule has 0 unspecified atom stereocenters. The molecule has 0 bridgehead atoms. The Bertz CT molecular complexity index is 105. The summed E-state index contributed by atoms with van der Waals surface area (Å²) in [6.45, 7) is 6.24. The molecule has 0 aromatic rings. The van der Waals surface area contributed by atoms with Crippen molar-refractivity contribution in [1.29, 1.82) is 0 Å². The number of hydrogen-bond donors (Lipinski definition) is 1. The molecule has 80 valence electrons. The molecular formula is C11H24O2. The van der Waals surface area contributed by atoms with E-state index in [-0.39, 0.29) is 0 Å². The third-order valence-corrected chi connectivity index (χ3v) is 1.95. The fourth-order valence-corrected chi connectivity index (χ4v) is 1.20. The number of rotatable bonds is 8. The number of ether oxygens (including phenoxy) is 1. The van der Waals surface area contributed by atoms with Crippen LogP contribution in [0.1, 0.15) is 59.3 Å².